The van der Waals surface area contributed by atoms with Crippen molar-refractivity contribution in [3.63, 3.8) is 0 Å². The molecule has 0 radical (unpaired) electrons. The van der Waals surface area contributed by atoms with Crippen molar-refractivity contribution in [1.82, 2.24) is 0 Å². The summed E-state index contributed by atoms with van der Waals surface area (Å²) >= 11 is 0. The normalized spacial score (nSPS) is 12.6. The van der Waals surface area contributed by atoms with E-state index in [0.717, 1.165) is 17.5 Å². The second-order valence-corrected chi connectivity index (χ2v) is 4.51. The van der Waals surface area contributed by atoms with Crippen LogP contribution in [-0.4, -0.2) is 23.3 Å². The van der Waals surface area contributed by atoms with E-state index in [9.17, 15) is 9.90 Å². The molecule has 2 N–H and O–H groups in total. The number of aliphatic hydroxyl groups excluding tert-OH is 1. The van der Waals surface area contributed by atoms with E-state index >= 15 is 0 Å². The highest BCUT2D eigenvalue weighted by Gasteiger charge is 2.26. The van der Waals surface area contributed by atoms with Gasteiger partial charge in [0.1, 0.15) is 5.75 Å². The molecule has 0 spiro atoms. The van der Waals surface area contributed by atoms with Crippen LogP contribution in [0.15, 0.2) is 12.1 Å². The van der Waals surface area contributed by atoms with Gasteiger partial charge in [-0.2, -0.15) is 0 Å². The van der Waals surface area contributed by atoms with Crippen LogP contribution in [0.2, 0.25) is 0 Å². The summed E-state index contributed by atoms with van der Waals surface area (Å²) in [6.45, 7) is 5.88. The zero-order valence-corrected chi connectivity index (χ0v) is 11.2. The summed E-state index contributed by atoms with van der Waals surface area (Å²) in [6, 6.07) is 3.79. The number of carboxylic acids is 1. The first kappa shape index (κ1) is 14.5. The third kappa shape index (κ3) is 2.64. The highest BCUT2D eigenvalue weighted by Crippen LogP contribution is 2.36. The van der Waals surface area contributed by atoms with Crippen LogP contribution in [0.1, 0.15) is 49.5 Å². The number of carbonyl (C=O) groups is 1. The molecule has 1 aromatic rings. The van der Waals surface area contributed by atoms with Gasteiger partial charge in [0.05, 0.1) is 7.11 Å². The van der Waals surface area contributed by atoms with E-state index in [2.05, 4.69) is 0 Å². The number of aliphatic carboxylic acids is 1. The van der Waals surface area contributed by atoms with Crippen LogP contribution in [0, 0.1) is 0 Å². The molecule has 0 aliphatic rings. The Morgan fingerprint density at radius 2 is 2.00 bits per heavy atom. The lowest BCUT2D eigenvalue weighted by atomic mass is 9.90. The van der Waals surface area contributed by atoms with E-state index in [-0.39, 0.29) is 5.92 Å². The number of methoxy groups -OCH3 is 1. The number of benzene rings is 1. The van der Waals surface area contributed by atoms with E-state index in [0.29, 0.717) is 11.3 Å². The Hall–Kier alpha value is -1.55. The predicted octanol–water partition coefficient (Wildman–Crippen LogP) is 2.50. The van der Waals surface area contributed by atoms with Crippen LogP contribution in [0.5, 0.6) is 5.75 Å². The highest BCUT2D eigenvalue weighted by molar-refractivity contribution is 5.76. The molecule has 1 aromatic carbocycles. The first-order valence-corrected chi connectivity index (χ1v) is 6.04. The quantitative estimate of drug-likeness (QED) is 0.845. The van der Waals surface area contributed by atoms with Gasteiger partial charge >= 0.3 is 5.97 Å². The summed E-state index contributed by atoms with van der Waals surface area (Å²) < 4.78 is 5.31. The summed E-state index contributed by atoms with van der Waals surface area (Å²) in [6.07, 6.45) is -0.829. The van der Waals surface area contributed by atoms with E-state index in [4.69, 9.17) is 9.84 Å². The number of aliphatic hydroxyl groups is 1. The van der Waals surface area contributed by atoms with Crippen molar-refractivity contribution in [2.24, 2.45) is 0 Å². The molecule has 0 saturated carbocycles. The Bertz CT molecular complexity index is 438. The van der Waals surface area contributed by atoms with Gasteiger partial charge in [0, 0.05) is 5.56 Å². The molecule has 4 nitrogen and oxygen atoms in total. The molecule has 1 atom stereocenters. The SMILES string of the molecule is CCc1ccc(C(C)C)c(C(O)C(=O)O)c1OC. The fourth-order valence-electron chi connectivity index (χ4n) is 2.09. The maximum atomic E-state index is 11.0. The molecule has 0 bridgehead atoms. The number of hydrogen-bond donors (Lipinski definition) is 2. The average Bonchev–Trinajstić information content (AvgIpc) is 2.35. The van der Waals surface area contributed by atoms with E-state index in [1.807, 2.05) is 32.9 Å². The maximum absolute atomic E-state index is 11.0. The lowest BCUT2D eigenvalue weighted by Gasteiger charge is -2.21. The highest BCUT2D eigenvalue weighted by atomic mass is 16.5. The molecular formula is C14H20O4. The summed E-state index contributed by atoms with van der Waals surface area (Å²) in [7, 11) is 1.50. The first-order chi connectivity index (χ1) is 8.43. The molecule has 18 heavy (non-hydrogen) atoms. The van der Waals surface area contributed by atoms with Crippen molar-refractivity contribution in [2.45, 2.75) is 39.2 Å². The van der Waals surface area contributed by atoms with Gasteiger partial charge in [0.2, 0.25) is 0 Å². The van der Waals surface area contributed by atoms with E-state index in [1.54, 1.807) is 0 Å². The fraction of sp³-hybridized carbons (Fsp3) is 0.500. The lowest BCUT2D eigenvalue weighted by Crippen LogP contribution is -2.15. The van der Waals surface area contributed by atoms with Gasteiger partial charge in [0.25, 0.3) is 0 Å². The molecular weight excluding hydrogens is 232 g/mol. The maximum Gasteiger partial charge on any atom is 0.337 e. The number of rotatable bonds is 5. The van der Waals surface area contributed by atoms with Crippen molar-refractivity contribution in [3.8, 4) is 5.75 Å². The summed E-state index contributed by atoms with van der Waals surface area (Å²) in [5.74, 6) is -0.657. The molecule has 0 aromatic heterocycles. The minimum atomic E-state index is -1.55. The summed E-state index contributed by atoms with van der Waals surface area (Å²) in [5, 5.41) is 18.9. The fourth-order valence-corrected chi connectivity index (χ4v) is 2.09. The predicted molar refractivity (Wildman–Crippen MR) is 69.1 cm³/mol. The molecule has 0 heterocycles. The van der Waals surface area contributed by atoms with Crippen LogP contribution < -0.4 is 4.74 Å². The van der Waals surface area contributed by atoms with Gasteiger partial charge in [-0.05, 0) is 23.5 Å². The zero-order chi connectivity index (χ0) is 13.9. The number of carboxylic acid groups (broad SMARTS) is 1. The van der Waals surface area contributed by atoms with Crippen molar-refractivity contribution in [2.75, 3.05) is 7.11 Å². The Morgan fingerprint density at radius 3 is 2.39 bits per heavy atom. The summed E-state index contributed by atoms with van der Waals surface area (Å²) in [4.78, 5) is 11.0. The van der Waals surface area contributed by atoms with Crippen LogP contribution >= 0.6 is 0 Å². The second-order valence-electron chi connectivity index (χ2n) is 4.51. The van der Waals surface area contributed by atoms with Crippen LogP contribution in [-0.2, 0) is 11.2 Å². The molecule has 1 rings (SSSR count). The number of ether oxygens (including phenoxy) is 1. The zero-order valence-electron chi connectivity index (χ0n) is 11.2. The molecule has 0 aliphatic heterocycles. The Balaban J connectivity index is 3.52. The Morgan fingerprint density at radius 1 is 1.39 bits per heavy atom. The molecule has 0 amide bonds. The Labute approximate surface area is 107 Å². The largest absolute Gasteiger partial charge is 0.496 e. The van der Waals surface area contributed by atoms with Crippen molar-refractivity contribution in [3.05, 3.63) is 28.8 Å². The molecule has 1 unspecified atom stereocenters. The van der Waals surface area contributed by atoms with Gasteiger partial charge in [0.15, 0.2) is 6.10 Å². The van der Waals surface area contributed by atoms with Crippen molar-refractivity contribution >= 4 is 5.97 Å². The monoisotopic (exact) mass is 252 g/mol. The molecule has 100 valence electrons. The smallest absolute Gasteiger partial charge is 0.337 e. The lowest BCUT2D eigenvalue weighted by molar-refractivity contribution is -0.147. The average molecular weight is 252 g/mol. The van der Waals surface area contributed by atoms with Crippen LogP contribution in [0.4, 0.5) is 0 Å². The van der Waals surface area contributed by atoms with E-state index in [1.165, 1.54) is 7.11 Å². The minimum absolute atomic E-state index is 0.119. The van der Waals surface area contributed by atoms with Crippen LogP contribution in [0.25, 0.3) is 0 Å². The third-order valence-electron chi connectivity index (χ3n) is 3.03. The van der Waals surface area contributed by atoms with Gasteiger partial charge in [-0.25, -0.2) is 4.79 Å². The number of hydrogen-bond acceptors (Lipinski definition) is 3. The van der Waals surface area contributed by atoms with Crippen molar-refractivity contribution < 1.29 is 19.7 Å². The van der Waals surface area contributed by atoms with Gasteiger partial charge < -0.3 is 14.9 Å². The minimum Gasteiger partial charge on any atom is -0.496 e. The Kier molecular flexibility index (Phi) is 4.73. The van der Waals surface area contributed by atoms with Gasteiger partial charge in [-0.3, -0.25) is 0 Å². The first-order valence-electron chi connectivity index (χ1n) is 6.04. The molecule has 4 heteroatoms. The van der Waals surface area contributed by atoms with E-state index < -0.39 is 12.1 Å². The van der Waals surface area contributed by atoms with Crippen molar-refractivity contribution in [1.29, 1.82) is 0 Å². The van der Waals surface area contributed by atoms with Crippen LogP contribution in [0.3, 0.4) is 0 Å². The number of aryl methyl sites for hydroxylation is 1. The molecule has 0 saturated heterocycles. The summed E-state index contributed by atoms with van der Waals surface area (Å²) in [5.41, 5.74) is 2.08. The topological polar surface area (TPSA) is 66.8 Å². The standard InChI is InChI=1S/C14H20O4/c1-5-9-6-7-10(8(2)3)11(13(9)18-4)12(15)14(16)17/h6-8,12,15H,5H2,1-4H3,(H,16,17). The molecule has 0 fully saturated rings. The van der Waals surface area contributed by atoms with Gasteiger partial charge in [-0.1, -0.05) is 32.9 Å². The van der Waals surface area contributed by atoms with Gasteiger partial charge in [-0.15, -0.1) is 0 Å². The molecule has 0 aliphatic carbocycles. The second kappa shape index (κ2) is 5.87. The third-order valence-corrected chi connectivity index (χ3v) is 3.03.